The molecule has 0 N–H and O–H groups in total. The number of nitrogens with zero attached hydrogens (tertiary/aromatic N) is 1. The molecule has 0 aromatic carbocycles. The lowest BCUT2D eigenvalue weighted by atomic mass is 9.91. The molecule has 2 aliphatic rings. The van der Waals surface area contributed by atoms with Crippen LogP contribution >= 0.6 is 0 Å². The van der Waals surface area contributed by atoms with Crippen molar-refractivity contribution in [2.45, 2.75) is 51.4 Å². The molecular weight excluding hydrogens is 222 g/mol. The van der Waals surface area contributed by atoms with Crippen molar-refractivity contribution in [2.24, 2.45) is 5.92 Å². The normalized spacial score (nSPS) is 25.8. The first-order chi connectivity index (χ1) is 7.68. The summed E-state index contributed by atoms with van der Waals surface area (Å²) < 4.78 is 26.1. The highest BCUT2D eigenvalue weighted by molar-refractivity contribution is 7.89. The van der Waals surface area contributed by atoms with Gasteiger partial charge in [0.05, 0.1) is 5.75 Å². The maximum atomic E-state index is 12.2. The first kappa shape index (κ1) is 12.4. The molecule has 0 aromatic heterocycles. The van der Waals surface area contributed by atoms with Crippen LogP contribution in [-0.2, 0) is 10.0 Å². The highest BCUT2D eigenvalue weighted by Crippen LogP contribution is 2.26. The molecule has 4 heteroatoms. The molecule has 1 saturated carbocycles. The third kappa shape index (κ3) is 3.20. The van der Waals surface area contributed by atoms with Gasteiger partial charge < -0.3 is 0 Å². The lowest BCUT2D eigenvalue weighted by Gasteiger charge is -2.29. The van der Waals surface area contributed by atoms with Gasteiger partial charge in [0.25, 0.3) is 0 Å². The number of hydrogen-bond acceptors (Lipinski definition) is 2. The van der Waals surface area contributed by atoms with Crippen LogP contribution in [0.5, 0.6) is 0 Å². The van der Waals surface area contributed by atoms with Crippen LogP contribution in [0.3, 0.4) is 0 Å². The Kier molecular flexibility index (Phi) is 4.25. The molecule has 16 heavy (non-hydrogen) atoms. The summed E-state index contributed by atoms with van der Waals surface area (Å²) in [5.74, 6) is 0.841. The molecule has 1 heterocycles. The number of hydrogen-bond donors (Lipinski definition) is 0. The zero-order valence-corrected chi connectivity index (χ0v) is 10.8. The Bertz CT molecular complexity index is 301. The van der Waals surface area contributed by atoms with Crippen molar-refractivity contribution in [1.29, 1.82) is 0 Å². The fourth-order valence-corrected chi connectivity index (χ4v) is 4.85. The summed E-state index contributed by atoms with van der Waals surface area (Å²) in [6.45, 7) is 1.52. The van der Waals surface area contributed by atoms with Crippen molar-refractivity contribution in [2.75, 3.05) is 18.8 Å². The predicted octanol–water partition coefficient (Wildman–Crippen LogP) is 2.38. The quantitative estimate of drug-likeness (QED) is 0.765. The standard InChI is InChI=1S/C12H23NO2S/c14-16(15,13-9-5-2-6-10-13)11-12-7-3-1-4-8-12/h12H,1-11H2. The van der Waals surface area contributed by atoms with E-state index < -0.39 is 10.0 Å². The third-order valence-corrected chi connectivity index (χ3v) is 5.92. The van der Waals surface area contributed by atoms with Gasteiger partial charge in [-0.15, -0.1) is 0 Å². The van der Waals surface area contributed by atoms with Crippen LogP contribution < -0.4 is 0 Å². The molecule has 0 spiro atoms. The molecule has 0 aromatic rings. The van der Waals surface area contributed by atoms with Crippen LogP contribution in [0.2, 0.25) is 0 Å². The second-order valence-electron chi connectivity index (χ2n) is 5.24. The van der Waals surface area contributed by atoms with Gasteiger partial charge >= 0.3 is 0 Å². The van der Waals surface area contributed by atoms with Crippen LogP contribution in [0, 0.1) is 5.92 Å². The van der Waals surface area contributed by atoms with Crippen LogP contribution in [0.15, 0.2) is 0 Å². The lowest BCUT2D eigenvalue weighted by Crippen LogP contribution is -2.39. The molecule has 0 atom stereocenters. The minimum Gasteiger partial charge on any atom is -0.212 e. The van der Waals surface area contributed by atoms with Crippen molar-refractivity contribution in [3.05, 3.63) is 0 Å². The molecule has 1 aliphatic heterocycles. The van der Waals surface area contributed by atoms with Crippen molar-refractivity contribution in [3.8, 4) is 0 Å². The summed E-state index contributed by atoms with van der Waals surface area (Å²) in [6.07, 6.45) is 9.25. The fraction of sp³-hybridized carbons (Fsp3) is 1.00. The smallest absolute Gasteiger partial charge is 0.212 e. The van der Waals surface area contributed by atoms with E-state index in [2.05, 4.69) is 0 Å². The molecule has 0 unspecified atom stereocenters. The SMILES string of the molecule is O=S(=O)(CC1CCCCC1)N1CCCCC1. The molecule has 1 saturated heterocycles. The van der Waals surface area contributed by atoms with E-state index in [9.17, 15) is 8.42 Å². The average Bonchev–Trinajstić information content (AvgIpc) is 2.31. The monoisotopic (exact) mass is 245 g/mol. The summed E-state index contributed by atoms with van der Waals surface area (Å²) in [7, 11) is -2.95. The van der Waals surface area contributed by atoms with E-state index in [0.717, 1.165) is 38.8 Å². The van der Waals surface area contributed by atoms with Crippen LogP contribution in [0.1, 0.15) is 51.4 Å². The van der Waals surface area contributed by atoms with Gasteiger partial charge in [0, 0.05) is 13.1 Å². The largest absolute Gasteiger partial charge is 0.214 e. The molecule has 0 bridgehead atoms. The molecular formula is C12H23NO2S. The number of piperidine rings is 1. The van der Waals surface area contributed by atoms with Gasteiger partial charge in [-0.1, -0.05) is 25.7 Å². The highest BCUT2D eigenvalue weighted by atomic mass is 32.2. The van der Waals surface area contributed by atoms with Crippen molar-refractivity contribution in [1.82, 2.24) is 4.31 Å². The summed E-state index contributed by atoms with van der Waals surface area (Å²) in [4.78, 5) is 0. The summed E-state index contributed by atoms with van der Waals surface area (Å²) in [6, 6.07) is 0. The van der Waals surface area contributed by atoms with E-state index in [1.807, 2.05) is 0 Å². The Morgan fingerprint density at radius 3 is 2.06 bits per heavy atom. The Labute approximate surface area is 99.3 Å². The molecule has 0 amide bonds. The van der Waals surface area contributed by atoms with Gasteiger partial charge in [-0.3, -0.25) is 0 Å². The Morgan fingerprint density at radius 1 is 0.875 bits per heavy atom. The van der Waals surface area contributed by atoms with E-state index in [1.165, 1.54) is 25.7 Å². The van der Waals surface area contributed by atoms with Gasteiger partial charge in [0.15, 0.2) is 0 Å². The van der Waals surface area contributed by atoms with Crippen LogP contribution in [-0.4, -0.2) is 31.6 Å². The first-order valence-electron chi connectivity index (χ1n) is 6.66. The lowest BCUT2D eigenvalue weighted by molar-refractivity contribution is 0.333. The molecule has 0 radical (unpaired) electrons. The number of rotatable bonds is 3. The van der Waals surface area contributed by atoms with E-state index in [-0.39, 0.29) is 0 Å². The molecule has 94 valence electrons. The van der Waals surface area contributed by atoms with Gasteiger partial charge in [-0.05, 0) is 31.6 Å². The van der Waals surface area contributed by atoms with E-state index in [0.29, 0.717) is 11.7 Å². The van der Waals surface area contributed by atoms with Gasteiger partial charge in [-0.2, -0.15) is 0 Å². The van der Waals surface area contributed by atoms with Crippen molar-refractivity contribution in [3.63, 3.8) is 0 Å². The third-order valence-electron chi connectivity index (χ3n) is 3.88. The average molecular weight is 245 g/mol. The topological polar surface area (TPSA) is 37.4 Å². The fourth-order valence-electron chi connectivity index (χ4n) is 2.90. The molecule has 1 aliphatic carbocycles. The maximum Gasteiger partial charge on any atom is 0.214 e. The predicted molar refractivity (Wildman–Crippen MR) is 65.8 cm³/mol. The minimum absolute atomic E-state index is 0.410. The summed E-state index contributed by atoms with van der Waals surface area (Å²) in [5, 5.41) is 0. The summed E-state index contributed by atoms with van der Waals surface area (Å²) in [5.41, 5.74) is 0. The van der Waals surface area contributed by atoms with Gasteiger partial charge in [0.2, 0.25) is 10.0 Å². The molecule has 3 nitrogen and oxygen atoms in total. The van der Waals surface area contributed by atoms with E-state index in [1.54, 1.807) is 4.31 Å². The second-order valence-corrected chi connectivity index (χ2v) is 7.26. The van der Waals surface area contributed by atoms with Crippen LogP contribution in [0.25, 0.3) is 0 Å². The van der Waals surface area contributed by atoms with E-state index >= 15 is 0 Å². The highest BCUT2D eigenvalue weighted by Gasteiger charge is 2.27. The molecule has 2 rings (SSSR count). The molecule has 2 fully saturated rings. The van der Waals surface area contributed by atoms with Crippen molar-refractivity contribution < 1.29 is 8.42 Å². The Morgan fingerprint density at radius 2 is 1.44 bits per heavy atom. The maximum absolute atomic E-state index is 12.2. The van der Waals surface area contributed by atoms with Crippen molar-refractivity contribution >= 4 is 10.0 Å². The number of sulfonamides is 1. The van der Waals surface area contributed by atoms with Crippen LogP contribution in [0.4, 0.5) is 0 Å². The second kappa shape index (κ2) is 5.50. The van der Waals surface area contributed by atoms with Gasteiger partial charge in [-0.25, -0.2) is 12.7 Å². The zero-order valence-electron chi connectivity index (χ0n) is 10.0. The minimum atomic E-state index is -2.95. The van der Waals surface area contributed by atoms with E-state index in [4.69, 9.17) is 0 Å². The first-order valence-corrected chi connectivity index (χ1v) is 8.27. The Balaban J connectivity index is 1.90. The summed E-state index contributed by atoms with van der Waals surface area (Å²) >= 11 is 0. The van der Waals surface area contributed by atoms with Gasteiger partial charge in [0.1, 0.15) is 0 Å². The zero-order chi connectivity index (χ0) is 11.4. The Hall–Kier alpha value is -0.0900.